The van der Waals surface area contributed by atoms with Crippen LogP contribution in [0.2, 0.25) is 0 Å². The summed E-state index contributed by atoms with van der Waals surface area (Å²) in [6.07, 6.45) is 5.95. The molecule has 314 valence electrons. The summed E-state index contributed by atoms with van der Waals surface area (Å²) in [6, 6.07) is 70.6. The highest BCUT2D eigenvalue weighted by atomic mass is 32.2. The van der Waals surface area contributed by atoms with Crippen molar-refractivity contribution in [1.82, 2.24) is 0 Å². The van der Waals surface area contributed by atoms with Crippen LogP contribution in [0.1, 0.15) is 60.6 Å². The van der Waals surface area contributed by atoms with E-state index in [1.165, 1.54) is 76.2 Å². The number of anilines is 3. The Morgan fingerprint density at radius 1 is 0.530 bits per heavy atom. The molecule has 0 amide bonds. The number of fused-ring (bicyclic) bond motifs is 15. The molecule has 3 heteroatoms. The maximum Gasteiger partial charge on any atom is 0.136 e. The maximum atomic E-state index is 6.48. The zero-order chi connectivity index (χ0) is 43.9. The van der Waals surface area contributed by atoms with Gasteiger partial charge in [-0.3, -0.25) is 0 Å². The molecule has 14 rings (SSSR count). The monoisotopic (exact) mass is 863 g/mol. The Kier molecular flexibility index (Phi) is 7.97. The van der Waals surface area contributed by atoms with Crippen LogP contribution in [-0.4, -0.2) is 0 Å². The molecule has 1 aliphatic heterocycles. The van der Waals surface area contributed by atoms with E-state index in [0.29, 0.717) is 5.92 Å². The number of hydrogen-bond acceptors (Lipinski definition) is 3. The van der Waals surface area contributed by atoms with Gasteiger partial charge in [0, 0.05) is 42.7 Å². The van der Waals surface area contributed by atoms with Crippen LogP contribution in [0.25, 0.3) is 60.5 Å². The molecule has 3 aliphatic carbocycles. The van der Waals surface area contributed by atoms with Crippen molar-refractivity contribution in [3.63, 3.8) is 0 Å². The third-order valence-electron chi connectivity index (χ3n) is 15.3. The van der Waals surface area contributed by atoms with Gasteiger partial charge in [0.05, 0.1) is 11.1 Å². The molecule has 1 spiro atoms. The molecule has 1 aromatic heterocycles. The van der Waals surface area contributed by atoms with E-state index < -0.39 is 5.41 Å². The number of nitrogens with zero attached hydrogens (tertiary/aromatic N) is 1. The highest BCUT2D eigenvalue weighted by molar-refractivity contribution is 7.99. The van der Waals surface area contributed by atoms with Gasteiger partial charge in [-0.25, -0.2) is 0 Å². The highest BCUT2D eigenvalue weighted by Crippen LogP contribution is 2.64. The van der Waals surface area contributed by atoms with Gasteiger partial charge in [0.25, 0.3) is 0 Å². The molecular formula is C63H45NOS. The van der Waals surface area contributed by atoms with E-state index in [9.17, 15) is 0 Å². The fraction of sp³-hybridized carbons (Fsp3) is 0.111. The van der Waals surface area contributed by atoms with Crippen LogP contribution < -0.4 is 4.90 Å². The summed E-state index contributed by atoms with van der Waals surface area (Å²) < 4.78 is 6.48. The quantitative estimate of drug-likeness (QED) is 0.175. The Hall–Kier alpha value is -7.33. The molecule has 2 unspecified atom stereocenters. The lowest BCUT2D eigenvalue weighted by molar-refractivity contribution is 0.660. The van der Waals surface area contributed by atoms with Crippen molar-refractivity contribution in [1.29, 1.82) is 0 Å². The van der Waals surface area contributed by atoms with Crippen LogP contribution in [0.15, 0.2) is 220 Å². The van der Waals surface area contributed by atoms with Gasteiger partial charge in [-0.05, 0) is 145 Å². The Morgan fingerprint density at radius 2 is 1.18 bits per heavy atom. The van der Waals surface area contributed by atoms with Crippen molar-refractivity contribution < 1.29 is 4.42 Å². The first-order valence-corrected chi connectivity index (χ1v) is 24.1. The van der Waals surface area contributed by atoms with E-state index in [1.807, 2.05) is 11.8 Å². The van der Waals surface area contributed by atoms with Crippen LogP contribution in [0.5, 0.6) is 0 Å². The second-order valence-corrected chi connectivity index (χ2v) is 20.3. The molecule has 66 heavy (non-hydrogen) atoms. The zero-order valence-electron chi connectivity index (χ0n) is 37.1. The van der Waals surface area contributed by atoms with Gasteiger partial charge >= 0.3 is 0 Å². The molecule has 0 N–H and O–H groups in total. The topological polar surface area (TPSA) is 16.4 Å². The first-order chi connectivity index (χ1) is 32.4. The summed E-state index contributed by atoms with van der Waals surface area (Å²) in [5.41, 5.74) is 20.6. The van der Waals surface area contributed by atoms with Gasteiger partial charge < -0.3 is 9.32 Å². The first kappa shape index (κ1) is 38.0. The minimum atomic E-state index is -0.467. The summed E-state index contributed by atoms with van der Waals surface area (Å²) in [6.45, 7) is 7.12. The SMILES string of the molecule is CC1C=CC2=C(C1)c1ccccc1C21c2ccccc2Sc2ccc(N(c3ccc4c(c3)C(C)(C)c3ccccc3-4)c3cc(-c4cccc5oc6ccccc6c45)cc4ccccc34)cc21. The summed E-state index contributed by atoms with van der Waals surface area (Å²) in [4.78, 5) is 5.19. The van der Waals surface area contributed by atoms with Gasteiger partial charge in [-0.2, -0.15) is 0 Å². The third-order valence-corrected chi connectivity index (χ3v) is 16.4. The van der Waals surface area contributed by atoms with Crippen molar-refractivity contribution in [2.75, 3.05) is 4.90 Å². The van der Waals surface area contributed by atoms with Gasteiger partial charge in [0.15, 0.2) is 0 Å². The molecule has 0 bridgehead atoms. The second-order valence-electron chi connectivity index (χ2n) is 19.2. The van der Waals surface area contributed by atoms with Crippen LogP contribution in [0, 0.1) is 5.92 Å². The molecule has 2 atom stereocenters. The lowest BCUT2D eigenvalue weighted by atomic mass is 9.65. The van der Waals surface area contributed by atoms with Crippen molar-refractivity contribution in [2.24, 2.45) is 5.92 Å². The average molecular weight is 864 g/mol. The van der Waals surface area contributed by atoms with E-state index in [1.54, 1.807) is 0 Å². The number of allylic oxidation sites excluding steroid dienone is 4. The van der Waals surface area contributed by atoms with Crippen molar-refractivity contribution in [2.45, 2.75) is 47.8 Å². The predicted molar refractivity (Wildman–Crippen MR) is 276 cm³/mol. The molecule has 10 aromatic rings. The first-order valence-electron chi connectivity index (χ1n) is 23.3. The summed E-state index contributed by atoms with van der Waals surface area (Å²) in [7, 11) is 0. The van der Waals surface area contributed by atoms with E-state index in [0.717, 1.165) is 56.5 Å². The van der Waals surface area contributed by atoms with Gasteiger partial charge in [-0.1, -0.05) is 172 Å². The molecule has 2 heterocycles. The van der Waals surface area contributed by atoms with Gasteiger partial charge in [0.1, 0.15) is 11.2 Å². The molecule has 0 fully saturated rings. The molecular weight excluding hydrogens is 819 g/mol. The zero-order valence-corrected chi connectivity index (χ0v) is 37.9. The summed E-state index contributed by atoms with van der Waals surface area (Å²) >= 11 is 1.91. The molecule has 4 aliphatic rings. The Morgan fingerprint density at radius 3 is 2.06 bits per heavy atom. The Bertz CT molecular complexity index is 3790. The van der Waals surface area contributed by atoms with Crippen LogP contribution in [0.4, 0.5) is 17.1 Å². The van der Waals surface area contributed by atoms with E-state index in [2.05, 4.69) is 226 Å². The summed E-state index contributed by atoms with van der Waals surface area (Å²) in [5, 5.41) is 4.65. The van der Waals surface area contributed by atoms with E-state index in [4.69, 9.17) is 4.42 Å². The minimum Gasteiger partial charge on any atom is -0.456 e. The van der Waals surface area contributed by atoms with Crippen molar-refractivity contribution in [3.05, 3.63) is 239 Å². The smallest absolute Gasteiger partial charge is 0.136 e. The minimum absolute atomic E-state index is 0.170. The number of benzene rings is 9. The van der Waals surface area contributed by atoms with Crippen LogP contribution in [0.3, 0.4) is 0 Å². The van der Waals surface area contributed by atoms with Crippen molar-refractivity contribution >= 4 is 67.1 Å². The normalized spacial score (nSPS) is 18.3. The largest absolute Gasteiger partial charge is 0.456 e. The molecule has 9 aromatic carbocycles. The summed E-state index contributed by atoms with van der Waals surface area (Å²) in [5.74, 6) is 0.475. The number of hydrogen-bond donors (Lipinski definition) is 0. The number of rotatable bonds is 4. The Labute approximate surface area is 389 Å². The van der Waals surface area contributed by atoms with Gasteiger partial charge in [-0.15, -0.1) is 0 Å². The maximum absolute atomic E-state index is 6.48. The fourth-order valence-corrected chi connectivity index (χ4v) is 13.5. The fourth-order valence-electron chi connectivity index (χ4n) is 12.3. The van der Waals surface area contributed by atoms with E-state index >= 15 is 0 Å². The average Bonchev–Trinajstić information content (AvgIpc) is 3.95. The van der Waals surface area contributed by atoms with Gasteiger partial charge in [0.2, 0.25) is 0 Å². The standard InChI is InChI=1S/C63H45NOS/c1-38-27-31-52-49(33-38)46-18-7-10-22-51(46)63(52)53-23-11-13-26-59(53)66-60-32-29-42(37-55(60)63)64(41-28-30-47-45-17-6-9-21-50(45)62(2,3)54(47)36-41)56-35-40(34-39-15-4-5-16-43(39)56)44-20-14-25-58-61(44)48-19-8-12-24-57(48)65-58/h4-32,34-38H,33H2,1-3H3. The van der Waals surface area contributed by atoms with E-state index in [-0.39, 0.29) is 5.41 Å². The molecule has 0 saturated carbocycles. The number of furan rings is 1. The molecule has 2 nitrogen and oxygen atoms in total. The van der Waals surface area contributed by atoms with Crippen LogP contribution >= 0.6 is 11.8 Å². The molecule has 0 radical (unpaired) electrons. The predicted octanol–water partition coefficient (Wildman–Crippen LogP) is 17.3. The molecule has 0 saturated heterocycles. The second kappa shape index (κ2) is 13.8. The Balaban J connectivity index is 1.07. The lowest BCUT2D eigenvalue weighted by Crippen LogP contribution is -2.33. The third kappa shape index (κ3) is 5.15. The lowest BCUT2D eigenvalue weighted by Gasteiger charge is -2.41. The van der Waals surface area contributed by atoms with Crippen LogP contribution in [-0.2, 0) is 10.8 Å². The van der Waals surface area contributed by atoms with Crippen molar-refractivity contribution in [3.8, 4) is 22.3 Å². The number of para-hydroxylation sites is 1. The highest BCUT2D eigenvalue weighted by Gasteiger charge is 2.51.